The molecule has 0 radical (unpaired) electrons. The number of nitrogens with one attached hydrogen (secondary N) is 1. The van der Waals surface area contributed by atoms with Gasteiger partial charge in [-0.1, -0.05) is 0 Å². The second-order valence-corrected chi connectivity index (χ2v) is 6.03. The van der Waals surface area contributed by atoms with Gasteiger partial charge in [0.15, 0.2) is 0 Å². The van der Waals surface area contributed by atoms with Crippen LogP contribution in [-0.4, -0.2) is 39.5 Å². The zero-order chi connectivity index (χ0) is 19.4. The molecule has 0 aliphatic carbocycles. The Balaban J connectivity index is 2.28. The molecule has 1 aromatic carbocycles. The molecule has 1 amide bonds. The van der Waals surface area contributed by atoms with E-state index in [2.05, 4.69) is 15.3 Å². The molecule has 0 unspecified atom stereocenters. The van der Waals surface area contributed by atoms with Gasteiger partial charge < -0.3 is 15.3 Å². The summed E-state index contributed by atoms with van der Waals surface area (Å²) in [4.78, 5) is 33.9. The number of carbonyl (C=O) groups excluding carboxylic acids is 1. The maximum Gasteiger partial charge on any atom is 0.338 e. The highest BCUT2D eigenvalue weighted by Crippen LogP contribution is 2.17. The molecule has 8 heteroatoms. The van der Waals surface area contributed by atoms with Crippen molar-refractivity contribution in [1.29, 1.82) is 0 Å². The van der Waals surface area contributed by atoms with Crippen LogP contribution in [0.25, 0.3) is 0 Å². The monoisotopic (exact) mass is 360 g/mol. The van der Waals surface area contributed by atoms with E-state index in [1.165, 1.54) is 12.1 Å². The molecule has 2 N–H and O–H groups in total. The number of nitrogens with zero attached hydrogens (tertiary/aromatic N) is 3. The Morgan fingerprint density at radius 3 is 2.50 bits per heavy atom. The number of aryl methyl sites for hydroxylation is 1. The number of hydrogen-bond acceptors (Lipinski definition) is 5. The molecule has 138 valence electrons. The SMILES string of the molecule is CCN(c1nc(C)cc(C(=O)Nc2ccc(C(=O)O)c(F)c2)n1)C(C)C. The van der Waals surface area contributed by atoms with E-state index in [0.717, 1.165) is 12.1 Å². The lowest BCUT2D eigenvalue weighted by molar-refractivity contribution is 0.0692. The van der Waals surface area contributed by atoms with Crippen LogP contribution in [-0.2, 0) is 0 Å². The number of carbonyl (C=O) groups is 2. The molecule has 0 saturated heterocycles. The third-order valence-electron chi connectivity index (χ3n) is 3.75. The molecule has 0 fully saturated rings. The van der Waals surface area contributed by atoms with Gasteiger partial charge in [0.25, 0.3) is 5.91 Å². The first-order chi connectivity index (χ1) is 12.2. The normalized spacial score (nSPS) is 10.7. The van der Waals surface area contributed by atoms with Gasteiger partial charge in [-0.2, -0.15) is 0 Å². The smallest absolute Gasteiger partial charge is 0.338 e. The highest BCUT2D eigenvalue weighted by atomic mass is 19.1. The van der Waals surface area contributed by atoms with Crippen LogP contribution in [0, 0.1) is 12.7 Å². The van der Waals surface area contributed by atoms with Crippen molar-refractivity contribution >= 4 is 23.5 Å². The number of carboxylic acids is 1. The van der Waals surface area contributed by atoms with Gasteiger partial charge in [-0.3, -0.25) is 4.79 Å². The van der Waals surface area contributed by atoms with Crippen molar-refractivity contribution in [3.63, 3.8) is 0 Å². The predicted molar refractivity (Wildman–Crippen MR) is 96.2 cm³/mol. The summed E-state index contributed by atoms with van der Waals surface area (Å²) in [5, 5.41) is 11.4. The Morgan fingerprint density at radius 2 is 1.96 bits per heavy atom. The van der Waals surface area contributed by atoms with Crippen molar-refractivity contribution in [3.8, 4) is 0 Å². The van der Waals surface area contributed by atoms with E-state index in [-0.39, 0.29) is 17.4 Å². The summed E-state index contributed by atoms with van der Waals surface area (Å²) in [5.41, 5.74) is 0.464. The van der Waals surface area contributed by atoms with E-state index >= 15 is 0 Å². The Bertz CT molecular complexity index is 839. The van der Waals surface area contributed by atoms with E-state index < -0.39 is 23.3 Å². The van der Waals surface area contributed by atoms with Crippen LogP contribution in [0.4, 0.5) is 16.0 Å². The second-order valence-electron chi connectivity index (χ2n) is 6.03. The van der Waals surface area contributed by atoms with Gasteiger partial charge in [-0.15, -0.1) is 0 Å². The molecule has 1 heterocycles. The molecule has 0 aliphatic rings. The summed E-state index contributed by atoms with van der Waals surface area (Å²) in [7, 11) is 0. The maximum atomic E-state index is 13.8. The largest absolute Gasteiger partial charge is 0.478 e. The molecule has 0 aliphatic heterocycles. The van der Waals surface area contributed by atoms with Crippen LogP contribution in [0.5, 0.6) is 0 Å². The maximum absolute atomic E-state index is 13.8. The number of aromatic nitrogens is 2. The Morgan fingerprint density at radius 1 is 1.27 bits per heavy atom. The average Bonchev–Trinajstić information content (AvgIpc) is 2.54. The first kappa shape index (κ1) is 19.3. The lowest BCUT2D eigenvalue weighted by atomic mass is 10.2. The predicted octanol–water partition coefficient (Wildman–Crippen LogP) is 3.11. The Kier molecular flexibility index (Phi) is 5.86. The molecule has 1 aromatic heterocycles. The van der Waals surface area contributed by atoms with Crippen molar-refractivity contribution in [2.24, 2.45) is 0 Å². The summed E-state index contributed by atoms with van der Waals surface area (Å²) in [6, 6.07) is 5.08. The van der Waals surface area contributed by atoms with Crippen LogP contribution < -0.4 is 10.2 Å². The number of benzene rings is 1. The molecule has 0 atom stereocenters. The van der Waals surface area contributed by atoms with Crippen LogP contribution in [0.1, 0.15) is 47.3 Å². The van der Waals surface area contributed by atoms with Gasteiger partial charge in [0.05, 0.1) is 5.56 Å². The summed E-state index contributed by atoms with van der Waals surface area (Å²) in [5.74, 6) is -2.38. The summed E-state index contributed by atoms with van der Waals surface area (Å²) in [6.45, 7) is 8.42. The second kappa shape index (κ2) is 7.90. The molecule has 0 bridgehead atoms. The minimum absolute atomic E-state index is 0.145. The summed E-state index contributed by atoms with van der Waals surface area (Å²) < 4.78 is 13.8. The third kappa shape index (κ3) is 4.33. The van der Waals surface area contributed by atoms with Crippen LogP contribution in [0.2, 0.25) is 0 Å². The van der Waals surface area contributed by atoms with Crippen molar-refractivity contribution in [2.45, 2.75) is 33.7 Å². The van der Waals surface area contributed by atoms with Crippen molar-refractivity contribution in [2.75, 3.05) is 16.8 Å². The average molecular weight is 360 g/mol. The van der Waals surface area contributed by atoms with Gasteiger partial charge >= 0.3 is 5.97 Å². The van der Waals surface area contributed by atoms with Gasteiger partial charge in [0.1, 0.15) is 11.5 Å². The fourth-order valence-electron chi connectivity index (χ4n) is 2.50. The molecular weight excluding hydrogens is 339 g/mol. The van der Waals surface area contributed by atoms with Gasteiger partial charge in [0.2, 0.25) is 5.95 Å². The summed E-state index contributed by atoms with van der Waals surface area (Å²) >= 11 is 0. The van der Waals surface area contributed by atoms with Gasteiger partial charge in [0, 0.05) is 24.0 Å². The zero-order valence-electron chi connectivity index (χ0n) is 15.1. The van der Waals surface area contributed by atoms with Crippen molar-refractivity contribution in [3.05, 3.63) is 47.0 Å². The Hall–Kier alpha value is -3.03. The number of anilines is 2. The molecule has 2 rings (SSSR count). The lowest BCUT2D eigenvalue weighted by Gasteiger charge is -2.25. The molecule has 26 heavy (non-hydrogen) atoms. The van der Waals surface area contributed by atoms with Crippen molar-refractivity contribution in [1.82, 2.24) is 9.97 Å². The van der Waals surface area contributed by atoms with E-state index in [4.69, 9.17) is 5.11 Å². The molecule has 7 nitrogen and oxygen atoms in total. The van der Waals surface area contributed by atoms with E-state index in [9.17, 15) is 14.0 Å². The number of hydrogen-bond donors (Lipinski definition) is 2. The molecule has 2 aromatic rings. The minimum atomic E-state index is -1.37. The fraction of sp³-hybridized carbons (Fsp3) is 0.333. The van der Waals surface area contributed by atoms with Crippen molar-refractivity contribution < 1.29 is 19.1 Å². The number of aromatic carboxylic acids is 1. The third-order valence-corrected chi connectivity index (χ3v) is 3.75. The Labute approximate surface area is 150 Å². The minimum Gasteiger partial charge on any atom is -0.478 e. The van der Waals surface area contributed by atoms with E-state index in [1.54, 1.807) is 6.92 Å². The molecule has 0 saturated carbocycles. The van der Waals surface area contributed by atoms with Gasteiger partial charge in [-0.25, -0.2) is 19.2 Å². The van der Waals surface area contributed by atoms with Crippen LogP contribution in [0.15, 0.2) is 24.3 Å². The highest BCUT2D eigenvalue weighted by molar-refractivity contribution is 6.03. The number of halogens is 1. The number of carboxylic acid groups (broad SMARTS) is 1. The number of rotatable bonds is 6. The lowest BCUT2D eigenvalue weighted by Crippen LogP contribution is -2.32. The van der Waals surface area contributed by atoms with E-state index in [1.807, 2.05) is 25.7 Å². The summed E-state index contributed by atoms with van der Waals surface area (Å²) in [6.07, 6.45) is 0. The van der Waals surface area contributed by atoms with E-state index in [0.29, 0.717) is 18.2 Å². The molecular formula is C18H21FN4O3. The number of amides is 1. The highest BCUT2D eigenvalue weighted by Gasteiger charge is 2.17. The zero-order valence-corrected chi connectivity index (χ0v) is 15.1. The first-order valence-electron chi connectivity index (χ1n) is 8.19. The first-order valence-corrected chi connectivity index (χ1v) is 8.19. The van der Waals surface area contributed by atoms with Gasteiger partial charge in [-0.05, 0) is 52.0 Å². The fourth-order valence-corrected chi connectivity index (χ4v) is 2.50. The quantitative estimate of drug-likeness (QED) is 0.822. The molecule has 0 spiro atoms. The van der Waals surface area contributed by atoms with Crippen LogP contribution in [0.3, 0.4) is 0 Å². The topological polar surface area (TPSA) is 95.4 Å². The standard InChI is InChI=1S/C18H21FN4O3/c1-5-23(10(2)3)18-20-11(4)8-15(22-18)16(24)21-12-6-7-13(17(25)26)14(19)9-12/h6-10H,5H2,1-4H3,(H,21,24)(H,25,26). The van der Waals surface area contributed by atoms with Crippen LogP contribution >= 0.6 is 0 Å².